The number of carbonyl (C=O) groups excluding carboxylic acids is 1. The molecule has 1 amide bonds. The number of nitrogens with zero attached hydrogens (tertiary/aromatic N) is 2. The zero-order valence-electron chi connectivity index (χ0n) is 20.5. The molecule has 3 aromatic rings. The van der Waals surface area contributed by atoms with Gasteiger partial charge in [0.15, 0.2) is 0 Å². The first-order valence-corrected chi connectivity index (χ1v) is 11.8. The van der Waals surface area contributed by atoms with Crippen molar-refractivity contribution in [1.82, 2.24) is 10.3 Å². The van der Waals surface area contributed by atoms with E-state index in [-0.39, 0.29) is 18.1 Å². The predicted molar refractivity (Wildman–Crippen MR) is 138 cm³/mol. The van der Waals surface area contributed by atoms with Crippen molar-refractivity contribution in [2.45, 2.75) is 19.0 Å². The van der Waals surface area contributed by atoms with E-state index in [4.69, 9.17) is 4.74 Å². The minimum Gasteiger partial charge on any atom is -0.490 e. The van der Waals surface area contributed by atoms with Crippen molar-refractivity contribution in [2.24, 2.45) is 0 Å². The minimum absolute atomic E-state index is 0.256. The molecule has 0 fully saturated rings. The number of carbonyl (C=O) groups is 1. The summed E-state index contributed by atoms with van der Waals surface area (Å²) in [4.78, 5) is 19.3. The molecule has 0 saturated carbocycles. The van der Waals surface area contributed by atoms with Crippen LogP contribution in [0.4, 0.5) is 11.4 Å². The van der Waals surface area contributed by atoms with Gasteiger partial charge in [0.05, 0.1) is 37.6 Å². The number of rotatable bonds is 9. The van der Waals surface area contributed by atoms with Crippen LogP contribution in [0.3, 0.4) is 0 Å². The summed E-state index contributed by atoms with van der Waals surface area (Å²) in [6.07, 6.45) is 1.55. The van der Waals surface area contributed by atoms with E-state index in [1.807, 2.05) is 38.2 Å². The molecule has 0 unspecified atom stereocenters. The Morgan fingerprint density at radius 2 is 1.89 bits per heavy atom. The highest BCUT2D eigenvalue weighted by atomic mass is 16.5. The maximum absolute atomic E-state index is 12.9. The van der Waals surface area contributed by atoms with Crippen LogP contribution >= 0.6 is 0 Å². The van der Waals surface area contributed by atoms with E-state index in [2.05, 4.69) is 32.7 Å². The molecule has 190 valence electrons. The number of benzene rings is 2. The number of fused-ring (bicyclic) bond motifs is 1. The van der Waals surface area contributed by atoms with Gasteiger partial charge >= 0.3 is 0 Å². The van der Waals surface area contributed by atoms with Gasteiger partial charge in [-0.25, -0.2) is 0 Å². The summed E-state index contributed by atoms with van der Waals surface area (Å²) in [7, 11) is 2.05. The van der Waals surface area contributed by atoms with Gasteiger partial charge in [-0.3, -0.25) is 9.78 Å². The van der Waals surface area contributed by atoms with Crippen LogP contribution in [0.25, 0.3) is 11.1 Å². The number of amides is 1. The SMILES string of the molecule is Cc1c(NC(=O)c2ccc(CNC(CO)(CO)CO)cn2)cccc1-c1ccc2c(c1)OCCN2C. The fourth-order valence-corrected chi connectivity index (χ4v) is 4.07. The third kappa shape index (κ3) is 5.34. The third-order valence-electron chi connectivity index (χ3n) is 6.58. The molecule has 0 bridgehead atoms. The lowest BCUT2D eigenvalue weighted by molar-refractivity contribution is 0.0413. The molecule has 36 heavy (non-hydrogen) atoms. The molecule has 9 heteroatoms. The number of anilines is 2. The Balaban J connectivity index is 1.47. The highest BCUT2D eigenvalue weighted by Crippen LogP contribution is 2.37. The van der Waals surface area contributed by atoms with E-state index >= 15 is 0 Å². The van der Waals surface area contributed by atoms with Gasteiger partial charge in [-0.2, -0.15) is 0 Å². The largest absolute Gasteiger partial charge is 0.490 e. The summed E-state index contributed by atoms with van der Waals surface area (Å²) >= 11 is 0. The number of aromatic nitrogens is 1. The summed E-state index contributed by atoms with van der Waals surface area (Å²) in [5, 5.41) is 34.2. The zero-order valence-corrected chi connectivity index (χ0v) is 20.5. The Morgan fingerprint density at radius 3 is 2.58 bits per heavy atom. The standard InChI is InChI=1S/C27H32N4O5/c1-18-21(20-7-9-24-25(12-20)36-11-10-31(24)2)4-3-5-22(18)30-26(35)23-8-6-19(13-28-23)14-29-27(15-32,16-33)17-34/h3-9,12-13,29,32-34H,10-11,14-17H2,1-2H3,(H,30,35). The molecule has 1 aromatic heterocycles. The van der Waals surface area contributed by atoms with Crippen LogP contribution in [0.1, 0.15) is 21.6 Å². The first-order valence-electron chi connectivity index (χ1n) is 11.8. The van der Waals surface area contributed by atoms with E-state index in [1.54, 1.807) is 18.3 Å². The average Bonchev–Trinajstić information content (AvgIpc) is 2.91. The monoisotopic (exact) mass is 492 g/mol. The zero-order chi connectivity index (χ0) is 25.7. The molecule has 0 radical (unpaired) electrons. The Bertz CT molecular complexity index is 1200. The lowest BCUT2D eigenvalue weighted by atomic mass is 9.98. The summed E-state index contributed by atoms with van der Waals surface area (Å²) in [5.74, 6) is 0.517. The van der Waals surface area contributed by atoms with Crippen LogP contribution in [0.5, 0.6) is 5.75 Å². The van der Waals surface area contributed by atoms with Crippen LogP contribution in [0, 0.1) is 6.92 Å². The van der Waals surface area contributed by atoms with Crippen LogP contribution in [0.15, 0.2) is 54.7 Å². The maximum Gasteiger partial charge on any atom is 0.274 e. The van der Waals surface area contributed by atoms with Crippen LogP contribution in [0.2, 0.25) is 0 Å². The second-order valence-corrected chi connectivity index (χ2v) is 9.04. The minimum atomic E-state index is -1.18. The summed E-state index contributed by atoms with van der Waals surface area (Å²) in [6, 6.07) is 15.3. The summed E-state index contributed by atoms with van der Waals surface area (Å²) in [5.41, 5.74) is 4.52. The van der Waals surface area contributed by atoms with Gasteiger partial charge < -0.3 is 35.6 Å². The Morgan fingerprint density at radius 1 is 1.11 bits per heavy atom. The number of ether oxygens (including phenoxy) is 1. The van der Waals surface area contributed by atoms with E-state index in [0.29, 0.717) is 12.3 Å². The molecular weight excluding hydrogens is 460 g/mol. The Hall–Kier alpha value is -3.50. The van der Waals surface area contributed by atoms with Gasteiger partial charge in [0.1, 0.15) is 18.1 Å². The first kappa shape index (κ1) is 25.6. The number of aliphatic hydroxyl groups is 3. The summed E-state index contributed by atoms with van der Waals surface area (Å²) < 4.78 is 5.85. The van der Waals surface area contributed by atoms with Crippen molar-refractivity contribution >= 4 is 17.3 Å². The van der Waals surface area contributed by atoms with Gasteiger partial charge in [0.2, 0.25) is 0 Å². The molecule has 0 saturated heterocycles. The third-order valence-corrected chi connectivity index (χ3v) is 6.58. The lowest BCUT2D eigenvalue weighted by Gasteiger charge is -2.28. The van der Waals surface area contributed by atoms with Gasteiger partial charge in [-0.05, 0) is 53.4 Å². The van der Waals surface area contributed by atoms with Gasteiger partial charge in [0.25, 0.3) is 5.91 Å². The van der Waals surface area contributed by atoms with Crippen molar-refractivity contribution in [3.8, 4) is 16.9 Å². The number of hydrogen-bond donors (Lipinski definition) is 5. The van der Waals surface area contributed by atoms with E-state index in [1.165, 1.54) is 0 Å². The molecule has 1 aliphatic heterocycles. The first-order chi connectivity index (χ1) is 17.4. The molecule has 0 spiro atoms. The Kier molecular flexibility index (Phi) is 7.85. The number of pyridine rings is 1. The molecule has 2 heterocycles. The fraction of sp³-hybridized carbons (Fsp3) is 0.333. The second kappa shape index (κ2) is 11.0. The molecular formula is C27H32N4O5. The number of likely N-dealkylation sites (N-methyl/N-ethyl adjacent to an activating group) is 1. The molecule has 1 aliphatic rings. The lowest BCUT2D eigenvalue weighted by Crippen LogP contribution is -2.54. The normalized spacial score (nSPS) is 13.2. The molecule has 4 rings (SSSR count). The van der Waals surface area contributed by atoms with Crippen LogP contribution in [-0.4, -0.2) is 71.8 Å². The topological polar surface area (TPSA) is 127 Å². The molecule has 0 atom stereocenters. The predicted octanol–water partition coefficient (Wildman–Crippen LogP) is 1.94. The quantitative estimate of drug-likeness (QED) is 0.307. The smallest absolute Gasteiger partial charge is 0.274 e. The van der Waals surface area contributed by atoms with Crippen molar-refractivity contribution < 1.29 is 24.9 Å². The highest BCUT2D eigenvalue weighted by molar-refractivity contribution is 6.03. The van der Waals surface area contributed by atoms with E-state index < -0.39 is 25.4 Å². The fourth-order valence-electron chi connectivity index (χ4n) is 4.07. The van der Waals surface area contributed by atoms with E-state index in [0.717, 1.165) is 40.2 Å². The highest BCUT2D eigenvalue weighted by Gasteiger charge is 2.27. The number of hydrogen-bond acceptors (Lipinski definition) is 8. The van der Waals surface area contributed by atoms with Gasteiger partial charge in [0, 0.05) is 25.5 Å². The molecule has 2 aromatic carbocycles. The number of nitrogens with one attached hydrogen (secondary N) is 2. The van der Waals surface area contributed by atoms with Crippen LogP contribution < -0.4 is 20.3 Å². The average molecular weight is 493 g/mol. The molecule has 0 aliphatic carbocycles. The van der Waals surface area contributed by atoms with Gasteiger partial charge in [-0.15, -0.1) is 0 Å². The summed E-state index contributed by atoms with van der Waals surface area (Å²) in [6.45, 7) is 2.49. The maximum atomic E-state index is 12.9. The van der Waals surface area contributed by atoms with Crippen molar-refractivity contribution in [3.05, 3.63) is 71.5 Å². The van der Waals surface area contributed by atoms with Crippen molar-refractivity contribution in [2.75, 3.05) is 50.2 Å². The Labute approximate surface area is 210 Å². The van der Waals surface area contributed by atoms with E-state index in [9.17, 15) is 20.1 Å². The number of aliphatic hydroxyl groups excluding tert-OH is 3. The van der Waals surface area contributed by atoms with Crippen molar-refractivity contribution in [1.29, 1.82) is 0 Å². The van der Waals surface area contributed by atoms with Crippen LogP contribution in [-0.2, 0) is 6.54 Å². The van der Waals surface area contributed by atoms with Gasteiger partial charge in [-0.1, -0.05) is 24.3 Å². The molecule has 5 N–H and O–H groups in total. The second-order valence-electron chi connectivity index (χ2n) is 9.04. The van der Waals surface area contributed by atoms with Crippen molar-refractivity contribution in [3.63, 3.8) is 0 Å². The molecule has 9 nitrogen and oxygen atoms in total.